The number of β-amino-alcohol motifs (C(OH)–C–C–N with tert-alkyl or cyclic N) is 1. The SMILES string of the molecule is O=C(NC1CCC(Nc2cc(C(=O)NC[C@H](O)CN3CCc4ccccc4C3)ncn2)CC1)/C(=N\OCc1ccccn1)C1CC1. The van der Waals surface area contributed by atoms with E-state index in [4.69, 9.17) is 4.84 Å². The summed E-state index contributed by atoms with van der Waals surface area (Å²) < 4.78 is 0. The largest absolute Gasteiger partial charge is 0.390 e. The molecule has 242 valence electrons. The highest BCUT2D eigenvalue weighted by atomic mass is 16.6. The summed E-state index contributed by atoms with van der Waals surface area (Å²) in [5.74, 6) is 0.227. The molecule has 1 aliphatic heterocycles. The van der Waals surface area contributed by atoms with E-state index in [0.29, 0.717) is 18.1 Å². The first kappa shape index (κ1) is 31.6. The fourth-order valence-corrected chi connectivity index (χ4v) is 6.09. The van der Waals surface area contributed by atoms with Crippen molar-refractivity contribution in [2.45, 2.75) is 76.3 Å². The highest BCUT2D eigenvalue weighted by molar-refractivity contribution is 6.40. The summed E-state index contributed by atoms with van der Waals surface area (Å²) in [4.78, 5) is 46.2. The molecule has 3 heterocycles. The lowest BCUT2D eigenvalue weighted by Gasteiger charge is -2.30. The molecule has 1 aromatic carbocycles. The van der Waals surface area contributed by atoms with Gasteiger partial charge in [0.1, 0.15) is 23.6 Å². The predicted octanol–water partition coefficient (Wildman–Crippen LogP) is 2.84. The van der Waals surface area contributed by atoms with Gasteiger partial charge in [0.05, 0.1) is 11.8 Å². The molecule has 1 atom stereocenters. The number of carbonyl (C=O) groups excluding carboxylic acids is 2. The molecule has 0 radical (unpaired) electrons. The van der Waals surface area contributed by atoms with Gasteiger partial charge in [0.2, 0.25) is 0 Å². The van der Waals surface area contributed by atoms with E-state index in [1.54, 1.807) is 12.3 Å². The van der Waals surface area contributed by atoms with E-state index in [1.807, 2.05) is 24.3 Å². The van der Waals surface area contributed by atoms with Crippen molar-refractivity contribution in [2.75, 3.05) is 25.0 Å². The van der Waals surface area contributed by atoms with E-state index in [0.717, 1.165) is 63.7 Å². The lowest BCUT2D eigenvalue weighted by Crippen LogP contribution is -2.43. The first-order valence-electron chi connectivity index (χ1n) is 16.2. The predicted molar refractivity (Wildman–Crippen MR) is 173 cm³/mol. The number of aromatic nitrogens is 3. The summed E-state index contributed by atoms with van der Waals surface area (Å²) in [5.41, 5.74) is 4.13. The van der Waals surface area contributed by atoms with Crippen molar-refractivity contribution in [2.24, 2.45) is 11.1 Å². The number of oxime groups is 1. The number of aliphatic hydroxyl groups excluding tert-OH is 1. The van der Waals surface area contributed by atoms with Gasteiger partial charge in [0.25, 0.3) is 11.8 Å². The van der Waals surface area contributed by atoms with E-state index < -0.39 is 6.10 Å². The van der Waals surface area contributed by atoms with Gasteiger partial charge >= 0.3 is 0 Å². The standard InChI is InChI=1S/C34H42N8O4/c43-29(20-42-16-14-23-5-1-2-6-25(23)19-42)18-36-33(44)30-17-31(38-22-37-30)39-26-10-12-27(13-11-26)40-34(45)32(24-8-9-24)41-46-21-28-7-3-4-15-35-28/h1-7,15,17,22,24,26-27,29,43H,8-14,16,18-21H2,(H,36,44)(H,40,45)(H,37,38,39)/b41-32-/t26?,27?,29-/m0/s1. The molecule has 2 aliphatic carbocycles. The van der Waals surface area contributed by atoms with Crippen LogP contribution in [0.1, 0.15) is 65.8 Å². The molecule has 12 heteroatoms. The van der Waals surface area contributed by atoms with Gasteiger partial charge in [0.15, 0.2) is 6.61 Å². The first-order valence-corrected chi connectivity index (χ1v) is 16.2. The molecule has 2 aromatic heterocycles. The number of pyridine rings is 1. The molecule has 3 aromatic rings. The Morgan fingerprint density at radius 3 is 2.54 bits per heavy atom. The van der Waals surface area contributed by atoms with Crippen LogP contribution < -0.4 is 16.0 Å². The molecule has 0 saturated heterocycles. The molecular weight excluding hydrogens is 584 g/mol. The van der Waals surface area contributed by atoms with Crippen LogP contribution >= 0.6 is 0 Å². The first-order chi connectivity index (χ1) is 22.5. The number of nitrogens with zero attached hydrogens (tertiary/aromatic N) is 5. The normalized spacial score (nSPS) is 20.7. The monoisotopic (exact) mass is 626 g/mol. The van der Waals surface area contributed by atoms with Crippen LogP contribution in [0.15, 0.2) is 66.2 Å². The molecular formula is C34H42N8O4. The van der Waals surface area contributed by atoms with E-state index in [1.165, 1.54) is 17.5 Å². The molecule has 46 heavy (non-hydrogen) atoms. The van der Waals surface area contributed by atoms with Crippen molar-refractivity contribution in [3.05, 3.63) is 83.6 Å². The highest BCUT2D eigenvalue weighted by Crippen LogP contribution is 2.31. The van der Waals surface area contributed by atoms with Crippen LogP contribution in [0.25, 0.3) is 0 Å². The van der Waals surface area contributed by atoms with E-state index in [9.17, 15) is 14.7 Å². The Hall–Kier alpha value is -4.42. The van der Waals surface area contributed by atoms with Crippen molar-refractivity contribution >= 4 is 23.3 Å². The summed E-state index contributed by atoms with van der Waals surface area (Å²) >= 11 is 0. The molecule has 4 N–H and O–H groups in total. The van der Waals surface area contributed by atoms with Crippen molar-refractivity contribution in [1.82, 2.24) is 30.5 Å². The number of amides is 2. The van der Waals surface area contributed by atoms with Crippen molar-refractivity contribution in [1.29, 1.82) is 0 Å². The van der Waals surface area contributed by atoms with Gasteiger partial charge in [-0.3, -0.25) is 19.5 Å². The average molecular weight is 627 g/mol. The Bertz CT molecular complexity index is 1510. The van der Waals surface area contributed by atoms with Crippen LogP contribution in [0.2, 0.25) is 0 Å². The summed E-state index contributed by atoms with van der Waals surface area (Å²) in [5, 5.41) is 24.2. The molecule has 2 fully saturated rings. The van der Waals surface area contributed by atoms with Crippen molar-refractivity contribution in [3.8, 4) is 0 Å². The van der Waals surface area contributed by atoms with E-state index in [2.05, 4.69) is 59.2 Å². The molecule has 0 spiro atoms. The lowest BCUT2D eigenvalue weighted by atomic mass is 9.91. The molecule has 0 unspecified atom stereocenters. The van der Waals surface area contributed by atoms with Crippen LogP contribution in [0.5, 0.6) is 0 Å². The van der Waals surface area contributed by atoms with Crippen LogP contribution in [-0.2, 0) is 29.2 Å². The minimum Gasteiger partial charge on any atom is -0.390 e. The number of hydrogen-bond acceptors (Lipinski definition) is 10. The summed E-state index contributed by atoms with van der Waals surface area (Å²) in [7, 11) is 0. The zero-order valence-corrected chi connectivity index (χ0v) is 26.0. The van der Waals surface area contributed by atoms with E-state index >= 15 is 0 Å². The Balaban J connectivity index is 0.917. The third-order valence-corrected chi connectivity index (χ3v) is 8.79. The van der Waals surface area contributed by atoms with E-state index in [-0.39, 0.29) is 48.7 Å². The van der Waals surface area contributed by atoms with Gasteiger partial charge in [-0.25, -0.2) is 9.97 Å². The Morgan fingerprint density at radius 2 is 1.76 bits per heavy atom. The maximum atomic E-state index is 13.0. The number of benzene rings is 1. The fraction of sp³-hybridized carbons (Fsp3) is 0.471. The third-order valence-electron chi connectivity index (χ3n) is 8.79. The zero-order valence-electron chi connectivity index (χ0n) is 26.0. The van der Waals surface area contributed by atoms with Crippen molar-refractivity contribution < 1.29 is 19.5 Å². The lowest BCUT2D eigenvalue weighted by molar-refractivity contribution is -0.116. The smallest absolute Gasteiger partial charge is 0.270 e. The number of fused-ring (bicyclic) bond motifs is 1. The van der Waals surface area contributed by atoms with Crippen LogP contribution in [0.4, 0.5) is 5.82 Å². The number of nitrogens with one attached hydrogen (secondary N) is 3. The fourth-order valence-electron chi connectivity index (χ4n) is 6.09. The van der Waals surface area contributed by atoms with Gasteiger partial charge in [-0.15, -0.1) is 0 Å². The Kier molecular flexibility index (Phi) is 10.5. The number of anilines is 1. The molecule has 12 nitrogen and oxygen atoms in total. The average Bonchev–Trinajstić information content (AvgIpc) is 3.92. The van der Waals surface area contributed by atoms with Crippen LogP contribution in [0.3, 0.4) is 0 Å². The minimum absolute atomic E-state index is 0.0585. The summed E-state index contributed by atoms with van der Waals surface area (Å²) in [6.07, 6.45) is 8.56. The molecule has 0 bridgehead atoms. The highest BCUT2D eigenvalue weighted by Gasteiger charge is 2.34. The number of rotatable bonds is 13. The quantitative estimate of drug-likeness (QED) is 0.166. The number of hydrogen-bond donors (Lipinski definition) is 4. The van der Waals surface area contributed by atoms with Gasteiger partial charge in [-0.1, -0.05) is 35.5 Å². The molecule has 6 rings (SSSR count). The number of carbonyl (C=O) groups is 2. The topological polar surface area (TPSA) is 154 Å². The minimum atomic E-state index is -0.685. The van der Waals surface area contributed by atoms with Gasteiger partial charge < -0.3 is 25.9 Å². The summed E-state index contributed by atoms with van der Waals surface area (Å²) in [6, 6.07) is 15.8. The zero-order chi connectivity index (χ0) is 31.7. The van der Waals surface area contributed by atoms with Gasteiger partial charge in [0, 0.05) is 56.4 Å². The van der Waals surface area contributed by atoms with Crippen LogP contribution in [-0.4, -0.2) is 80.3 Å². The maximum Gasteiger partial charge on any atom is 0.270 e. The second-order valence-corrected chi connectivity index (χ2v) is 12.4. The summed E-state index contributed by atoms with van der Waals surface area (Å²) in [6.45, 7) is 2.54. The molecule has 2 saturated carbocycles. The van der Waals surface area contributed by atoms with Gasteiger partial charge in [-0.2, -0.15) is 0 Å². The van der Waals surface area contributed by atoms with Crippen molar-refractivity contribution in [3.63, 3.8) is 0 Å². The molecule has 3 aliphatic rings. The maximum absolute atomic E-state index is 13.0. The second-order valence-electron chi connectivity index (χ2n) is 12.4. The third kappa shape index (κ3) is 8.85. The van der Waals surface area contributed by atoms with Crippen LogP contribution in [0, 0.1) is 5.92 Å². The Labute approximate surface area is 269 Å². The number of aliphatic hydroxyl groups is 1. The Morgan fingerprint density at radius 1 is 0.978 bits per heavy atom. The molecule has 2 amide bonds. The second kappa shape index (κ2) is 15.2. The van der Waals surface area contributed by atoms with Gasteiger partial charge in [-0.05, 0) is 68.2 Å².